The Hall–Kier alpha value is -1.56. The van der Waals surface area contributed by atoms with Gasteiger partial charge in [0.05, 0.1) is 26.7 Å². The molecule has 3 aromatic rings. The molecule has 0 saturated carbocycles. The molecule has 0 bridgehead atoms. The molecule has 0 spiro atoms. The van der Waals surface area contributed by atoms with Crippen LogP contribution in [-0.4, -0.2) is 16.6 Å². The lowest BCUT2D eigenvalue weighted by Gasteiger charge is -2.11. The highest BCUT2D eigenvalue weighted by Gasteiger charge is 2.10. The number of aryl methyl sites for hydroxylation is 2. The zero-order valence-corrected chi connectivity index (χ0v) is 15.8. The van der Waals surface area contributed by atoms with E-state index in [0.29, 0.717) is 16.5 Å². The molecule has 1 aromatic heterocycles. The molecule has 3 nitrogen and oxygen atoms in total. The van der Waals surface area contributed by atoms with Gasteiger partial charge in [-0.3, -0.25) is 4.79 Å². The number of hydrogen-bond acceptors (Lipinski definition) is 4. The van der Waals surface area contributed by atoms with Crippen LogP contribution in [0, 0.1) is 13.8 Å². The van der Waals surface area contributed by atoms with E-state index >= 15 is 0 Å². The van der Waals surface area contributed by atoms with E-state index in [1.54, 1.807) is 23.1 Å². The van der Waals surface area contributed by atoms with Crippen LogP contribution in [0.15, 0.2) is 36.4 Å². The molecule has 124 valence electrons. The Balaban J connectivity index is 1.56. The second-order valence-electron chi connectivity index (χ2n) is 5.55. The Morgan fingerprint density at radius 1 is 1.29 bits per heavy atom. The van der Waals surface area contributed by atoms with E-state index in [-0.39, 0.29) is 5.91 Å². The Bertz CT molecular complexity index is 836. The third-order valence-electron chi connectivity index (χ3n) is 3.49. The van der Waals surface area contributed by atoms with E-state index in [2.05, 4.69) is 16.4 Å². The molecule has 2 aromatic carbocycles. The van der Waals surface area contributed by atoms with Gasteiger partial charge in [0.15, 0.2) is 0 Å². The van der Waals surface area contributed by atoms with Crippen molar-refractivity contribution in [3.8, 4) is 0 Å². The molecule has 0 aliphatic rings. The Kier molecular flexibility index (Phi) is 5.43. The van der Waals surface area contributed by atoms with Crippen molar-refractivity contribution in [1.29, 1.82) is 0 Å². The molecule has 0 fully saturated rings. The Morgan fingerprint density at radius 3 is 2.83 bits per heavy atom. The maximum atomic E-state index is 12.2. The number of benzene rings is 2. The van der Waals surface area contributed by atoms with E-state index in [0.717, 1.165) is 27.4 Å². The van der Waals surface area contributed by atoms with Crippen LogP contribution in [0.25, 0.3) is 10.2 Å². The zero-order valence-electron chi connectivity index (χ0n) is 13.4. The molecular weight excluding hydrogens is 360 g/mol. The third kappa shape index (κ3) is 4.09. The van der Waals surface area contributed by atoms with Crippen molar-refractivity contribution in [2.24, 2.45) is 0 Å². The van der Waals surface area contributed by atoms with Gasteiger partial charge in [0.1, 0.15) is 5.01 Å². The van der Waals surface area contributed by atoms with Gasteiger partial charge in [-0.15, -0.1) is 23.1 Å². The van der Waals surface area contributed by atoms with Gasteiger partial charge in [-0.1, -0.05) is 29.8 Å². The topological polar surface area (TPSA) is 42.0 Å². The monoisotopic (exact) mass is 376 g/mol. The van der Waals surface area contributed by atoms with Crippen LogP contribution in [0.2, 0.25) is 5.02 Å². The van der Waals surface area contributed by atoms with Crippen LogP contribution in [0.3, 0.4) is 0 Å². The molecule has 0 atom stereocenters. The number of rotatable bonds is 5. The number of carbonyl (C=O) groups excluding carboxylic acids is 1. The minimum Gasteiger partial charge on any atom is -0.324 e. The summed E-state index contributed by atoms with van der Waals surface area (Å²) in [5.41, 5.74) is 3.78. The van der Waals surface area contributed by atoms with Crippen LogP contribution in [-0.2, 0) is 10.5 Å². The molecule has 0 saturated heterocycles. The summed E-state index contributed by atoms with van der Waals surface area (Å²) in [6.45, 7) is 3.93. The molecule has 1 N–H and O–H groups in total. The highest BCUT2D eigenvalue weighted by atomic mass is 35.5. The summed E-state index contributed by atoms with van der Waals surface area (Å²) in [5.74, 6) is 1.06. The second kappa shape index (κ2) is 7.55. The normalized spacial score (nSPS) is 11.0. The molecule has 0 unspecified atom stereocenters. The number of thioether (sulfide) groups is 1. The molecule has 1 heterocycles. The van der Waals surface area contributed by atoms with Gasteiger partial charge in [0.2, 0.25) is 5.91 Å². The SMILES string of the molecule is Cc1cc(C)c(NC(=O)CSCc2nc3ccccc3s2)c(Cl)c1. The summed E-state index contributed by atoms with van der Waals surface area (Å²) in [7, 11) is 0. The largest absolute Gasteiger partial charge is 0.324 e. The van der Waals surface area contributed by atoms with Crippen molar-refractivity contribution in [3.63, 3.8) is 0 Å². The summed E-state index contributed by atoms with van der Waals surface area (Å²) >= 11 is 9.46. The van der Waals surface area contributed by atoms with Crippen molar-refractivity contribution < 1.29 is 4.79 Å². The predicted molar refractivity (Wildman–Crippen MR) is 105 cm³/mol. The van der Waals surface area contributed by atoms with Crippen molar-refractivity contribution >= 4 is 56.5 Å². The van der Waals surface area contributed by atoms with Gasteiger partial charge in [-0.05, 0) is 43.2 Å². The van der Waals surface area contributed by atoms with Gasteiger partial charge in [-0.25, -0.2) is 4.98 Å². The maximum absolute atomic E-state index is 12.2. The van der Waals surface area contributed by atoms with E-state index < -0.39 is 0 Å². The molecule has 0 radical (unpaired) electrons. The first-order valence-corrected chi connectivity index (χ1v) is 9.86. The van der Waals surface area contributed by atoms with Gasteiger partial charge in [0, 0.05) is 5.75 Å². The zero-order chi connectivity index (χ0) is 17.1. The van der Waals surface area contributed by atoms with Crippen molar-refractivity contribution in [1.82, 2.24) is 4.98 Å². The summed E-state index contributed by atoms with van der Waals surface area (Å²) in [6.07, 6.45) is 0. The molecule has 24 heavy (non-hydrogen) atoms. The number of anilines is 1. The quantitative estimate of drug-likeness (QED) is 0.644. The number of halogens is 1. The molecular formula is C18H17ClN2OS2. The van der Waals surface area contributed by atoms with Crippen LogP contribution in [0.5, 0.6) is 0 Å². The average Bonchev–Trinajstić information content (AvgIpc) is 2.93. The van der Waals surface area contributed by atoms with E-state index in [9.17, 15) is 4.79 Å². The Morgan fingerprint density at radius 2 is 2.08 bits per heavy atom. The summed E-state index contributed by atoms with van der Waals surface area (Å²) in [6, 6.07) is 11.9. The summed E-state index contributed by atoms with van der Waals surface area (Å²) in [4.78, 5) is 16.7. The minimum absolute atomic E-state index is 0.0463. The van der Waals surface area contributed by atoms with Gasteiger partial charge >= 0.3 is 0 Å². The molecule has 6 heteroatoms. The third-order valence-corrected chi connectivity index (χ3v) is 5.95. The standard InChI is InChI=1S/C18H17ClN2OS2/c1-11-7-12(2)18(13(19)8-11)21-16(22)9-23-10-17-20-14-5-3-4-6-15(14)24-17/h3-8H,9-10H2,1-2H3,(H,21,22). The van der Waals surface area contributed by atoms with Crippen LogP contribution in [0.4, 0.5) is 5.69 Å². The lowest BCUT2D eigenvalue weighted by molar-refractivity contribution is -0.113. The van der Waals surface area contributed by atoms with Gasteiger partial charge < -0.3 is 5.32 Å². The molecule has 0 aliphatic carbocycles. The number of aromatic nitrogens is 1. The number of nitrogens with one attached hydrogen (secondary N) is 1. The molecule has 0 aliphatic heterocycles. The predicted octanol–water partition coefficient (Wildman–Crippen LogP) is 5.44. The van der Waals surface area contributed by atoms with Crippen LogP contribution >= 0.6 is 34.7 Å². The fraction of sp³-hybridized carbons (Fsp3) is 0.222. The first-order chi connectivity index (χ1) is 11.5. The first-order valence-electron chi connectivity index (χ1n) is 7.52. The number of para-hydroxylation sites is 1. The average molecular weight is 377 g/mol. The maximum Gasteiger partial charge on any atom is 0.234 e. The fourth-order valence-electron chi connectivity index (χ4n) is 2.46. The second-order valence-corrected chi connectivity index (χ2v) is 8.06. The summed E-state index contributed by atoms with van der Waals surface area (Å²) in [5, 5.41) is 4.53. The van der Waals surface area contributed by atoms with Gasteiger partial charge in [0.25, 0.3) is 0 Å². The van der Waals surface area contributed by atoms with Crippen molar-refractivity contribution in [2.45, 2.75) is 19.6 Å². The smallest absolute Gasteiger partial charge is 0.234 e. The van der Waals surface area contributed by atoms with Crippen LogP contribution < -0.4 is 5.32 Å². The van der Waals surface area contributed by atoms with E-state index in [4.69, 9.17) is 11.6 Å². The molecule has 3 rings (SSSR count). The van der Waals surface area contributed by atoms with Gasteiger partial charge in [-0.2, -0.15) is 0 Å². The van der Waals surface area contributed by atoms with Crippen molar-refractivity contribution in [3.05, 3.63) is 57.6 Å². The first kappa shape index (κ1) is 17.3. The van der Waals surface area contributed by atoms with Crippen molar-refractivity contribution in [2.75, 3.05) is 11.1 Å². The number of thiazole rings is 1. The Labute approximate surface area is 154 Å². The number of carbonyl (C=O) groups is 1. The number of amides is 1. The number of fused-ring (bicyclic) bond motifs is 1. The lowest BCUT2D eigenvalue weighted by atomic mass is 10.1. The highest BCUT2D eigenvalue weighted by molar-refractivity contribution is 7.99. The highest BCUT2D eigenvalue weighted by Crippen LogP contribution is 2.28. The fourth-order valence-corrected chi connectivity index (χ4v) is 4.68. The lowest BCUT2D eigenvalue weighted by Crippen LogP contribution is -2.15. The summed E-state index contributed by atoms with van der Waals surface area (Å²) < 4.78 is 1.18. The van der Waals surface area contributed by atoms with E-state index in [1.807, 2.05) is 44.2 Å². The molecule has 1 amide bonds. The van der Waals surface area contributed by atoms with Crippen LogP contribution in [0.1, 0.15) is 16.1 Å². The number of nitrogens with zero attached hydrogens (tertiary/aromatic N) is 1. The van der Waals surface area contributed by atoms with E-state index in [1.165, 1.54) is 4.70 Å². The minimum atomic E-state index is -0.0463. The number of hydrogen-bond donors (Lipinski definition) is 1.